The van der Waals surface area contributed by atoms with Gasteiger partial charge in [0, 0.05) is 46.9 Å². The van der Waals surface area contributed by atoms with Crippen LogP contribution < -0.4 is 9.47 Å². The van der Waals surface area contributed by atoms with Crippen LogP contribution in [0, 0.1) is 0 Å². The van der Waals surface area contributed by atoms with Crippen molar-refractivity contribution in [2.75, 3.05) is 20.8 Å². The molecule has 0 aliphatic carbocycles. The number of rotatable bonds is 4. The van der Waals surface area contributed by atoms with Crippen LogP contribution in [0.2, 0.25) is 5.02 Å². The van der Waals surface area contributed by atoms with E-state index in [1.165, 1.54) is 0 Å². The third-order valence-corrected chi connectivity index (χ3v) is 5.18. The molecular formula is C21H20ClN3O3. The molecule has 0 radical (unpaired) electrons. The molecule has 6 nitrogen and oxygen atoms in total. The fraction of sp³-hybridized carbons (Fsp3) is 0.238. The molecule has 1 aromatic heterocycles. The first-order valence-corrected chi connectivity index (χ1v) is 9.32. The van der Waals surface area contributed by atoms with Gasteiger partial charge in [0.05, 0.1) is 19.9 Å². The van der Waals surface area contributed by atoms with Gasteiger partial charge in [-0.15, -0.1) is 0 Å². The number of benzene rings is 2. The van der Waals surface area contributed by atoms with Crippen molar-refractivity contribution >= 4 is 17.5 Å². The number of carbonyl (C=O) groups excluding carboxylic acids is 1. The number of fused-ring (bicyclic) bond motifs is 1. The summed E-state index contributed by atoms with van der Waals surface area (Å²) in [7, 11) is 3.13. The quantitative estimate of drug-likeness (QED) is 0.723. The van der Waals surface area contributed by atoms with Gasteiger partial charge in [-0.1, -0.05) is 23.7 Å². The number of nitrogens with zero attached hydrogens (tertiary/aromatic N) is 2. The van der Waals surface area contributed by atoms with Gasteiger partial charge in [-0.05, 0) is 30.3 Å². The summed E-state index contributed by atoms with van der Waals surface area (Å²) in [5.41, 5.74) is 4.43. The summed E-state index contributed by atoms with van der Waals surface area (Å²) < 4.78 is 10.6. The van der Waals surface area contributed by atoms with E-state index < -0.39 is 0 Å². The first-order valence-electron chi connectivity index (χ1n) is 8.94. The highest BCUT2D eigenvalue weighted by molar-refractivity contribution is 6.30. The van der Waals surface area contributed by atoms with Crippen molar-refractivity contribution in [1.29, 1.82) is 0 Å². The number of H-pyrrole nitrogens is 1. The monoisotopic (exact) mass is 397 g/mol. The van der Waals surface area contributed by atoms with Crippen molar-refractivity contribution in [2.45, 2.75) is 13.0 Å². The van der Waals surface area contributed by atoms with E-state index in [1.54, 1.807) is 32.4 Å². The lowest BCUT2D eigenvalue weighted by atomic mass is 10.0. The number of amides is 1. The van der Waals surface area contributed by atoms with Crippen LogP contribution in [-0.2, 0) is 13.0 Å². The largest absolute Gasteiger partial charge is 0.493 e. The Morgan fingerprint density at radius 1 is 1.14 bits per heavy atom. The third kappa shape index (κ3) is 3.31. The molecule has 144 valence electrons. The standard InChI is InChI=1S/C21H20ClN3O3/c1-27-18-7-6-14(11-19(18)28-2)21(26)25-9-8-17-16(12-25)20(24-23-17)13-4-3-5-15(22)10-13/h3-7,10-11H,8-9,12H2,1-2H3,(H,23,24). The van der Waals surface area contributed by atoms with E-state index in [0.717, 1.165) is 28.9 Å². The molecule has 0 unspecified atom stereocenters. The minimum absolute atomic E-state index is 0.0511. The Kier molecular flexibility index (Phi) is 4.96. The molecule has 0 saturated carbocycles. The first-order chi connectivity index (χ1) is 13.6. The maximum atomic E-state index is 13.1. The summed E-state index contributed by atoms with van der Waals surface area (Å²) >= 11 is 6.13. The molecule has 1 aliphatic heterocycles. The molecule has 3 aromatic rings. The van der Waals surface area contributed by atoms with Crippen LogP contribution in [0.4, 0.5) is 0 Å². The predicted molar refractivity (Wildman–Crippen MR) is 107 cm³/mol. The summed E-state index contributed by atoms with van der Waals surface area (Å²) in [4.78, 5) is 14.9. The highest BCUT2D eigenvalue weighted by atomic mass is 35.5. The minimum atomic E-state index is -0.0511. The van der Waals surface area contributed by atoms with Crippen LogP contribution in [0.5, 0.6) is 11.5 Å². The van der Waals surface area contributed by atoms with Crippen LogP contribution in [0.25, 0.3) is 11.3 Å². The average molecular weight is 398 g/mol. The van der Waals surface area contributed by atoms with E-state index in [4.69, 9.17) is 21.1 Å². The number of ether oxygens (including phenoxy) is 2. The van der Waals surface area contributed by atoms with Crippen molar-refractivity contribution in [1.82, 2.24) is 15.1 Å². The summed E-state index contributed by atoms with van der Waals surface area (Å²) in [6, 6.07) is 12.8. The molecule has 0 atom stereocenters. The van der Waals surface area contributed by atoms with Crippen molar-refractivity contribution in [2.24, 2.45) is 0 Å². The van der Waals surface area contributed by atoms with Gasteiger partial charge < -0.3 is 14.4 Å². The molecule has 28 heavy (non-hydrogen) atoms. The normalized spacial score (nSPS) is 13.2. The lowest BCUT2D eigenvalue weighted by Gasteiger charge is -2.27. The topological polar surface area (TPSA) is 67.5 Å². The van der Waals surface area contributed by atoms with E-state index in [-0.39, 0.29) is 5.91 Å². The van der Waals surface area contributed by atoms with E-state index in [2.05, 4.69) is 10.2 Å². The Bertz CT molecular complexity index is 1030. The lowest BCUT2D eigenvalue weighted by molar-refractivity contribution is 0.0734. The van der Waals surface area contributed by atoms with Gasteiger partial charge >= 0.3 is 0 Å². The second kappa shape index (κ2) is 7.56. The molecule has 2 aromatic carbocycles. The molecule has 2 heterocycles. The Labute approximate surface area is 168 Å². The van der Waals surface area contributed by atoms with Gasteiger partial charge in [0.2, 0.25) is 0 Å². The van der Waals surface area contributed by atoms with Crippen LogP contribution in [0.1, 0.15) is 21.6 Å². The van der Waals surface area contributed by atoms with Crippen LogP contribution >= 0.6 is 11.6 Å². The molecule has 1 amide bonds. The van der Waals surface area contributed by atoms with Gasteiger partial charge in [-0.3, -0.25) is 9.89 Å². The second-order valence-corrected chi connectivity index (χ2v) is 7.02. The number of aromatic nitrogens is 2. The zero-order valence-electron chi connectivity index (χ0n) is 15.7. The summed E-state index contributed by atoms with van der Waals surface area (Å²) in [6.45, 7) is 1.11. The fourth-order valence-electron chi connectivity index (χ4n) is 3.49. The van der Waals surface area contributed by atoms with Crippen molar-refractivity contribution < 1.29 is 14.3 Å². The maximum Gasteiger partial charge on any atom is 0.254 e. The van der Waals surface area contributed by atoms with Crippen molar-refractivity contribution in [3.05, 3.63) is 64.3 Å². The SMILES string of the molecule is COc1ccc(C(=O)N2CCc3[nH]nc(-c4cccc(Cl)c4)c3C2)cc1OC. The first kappa shape index (κ1) is 18.4. The molecule has 0 spiro atoms. The number of methoxy groups -OCH3 is 2. The molecule has 0 saturated heterocycles. The second-order valence-electron chi connectivity index (χ2n) is 6.59. The Hall–Kier alpha value is -2.99. The number of nitrogens with one attached hydrogen (secondary N) is 1. The van der Waals surface area contributed by atoms with E-state index in [1.807, 2.05) is 29.2 Å². The van der Waals surface area contributed by atoms with Crippen molar-refractivity contribution in [3.63, 3.8) is 0 Å². The number of hydrogen-bond acceptors (Lipinski definition) is 4. The van der Waals surface area contributed by atoms with Gasteiger partial charge in [0.25, 0.3) is 5.91 Å². The van der Waals surface area contributed by atoms with Crippen LogP contribution in [-0.4, -0.2) is 41.8 Å². The van der Waals surface area contributed by atoms with Crippen molar-refractivity contribution in [3.8, 4) is 22.8 Å². The Morgan fingerprint density at radius 3 is 2.71 bits per heavy atom. The van der Waals surface area contributed by atoms with Gasteiger partial charge in [0.1, 0.15) is 0 Å². The fourth-order valence-corrected chi connectivity index (χ4v) is 3.69. The number of carbonyl (C=O) groups is 1. The summed E-state index contributed by atoms with van der Waals surface area (Å²) in [6.07, 6.45) is 0.724. The van der Waals surface area contributed by atoms with Crippen LogP contribution in [0.15, 0.2) is 42.5 Å². The molecule has 1 N–H and O–H groups in total. The minimum Gasteiger partial charge on any atom is -0.493 e. The van der Waals surface area contributed by atoms with E-state index >= 15 is 0 Å². The molecule has 0 bridgehead atoms. The van der Waals surface area contributed by atoms with Gasteiger partial charge in [0.15, 0.2) is 11.5 Å². The number of hydrogen-bond donors (Lipinski definition) is 1. The molecule has 7 heteroatoms. The molecule has 1 aliphatic rings. The van der Waals surface area contributed by atoms with E-state index in [9.17, 15) is 4.79 Å². The summed E-state index contributed by atoms with van der Waals surface area (Å²) in [5.74, 6) is 1.08. The third-order valence-electron chi connectivity index (χ3n) is 4.95. The Balaban J connectivity index is 1.62. The highest BCUT2D eigenvalue weighted by Crippen LogP contribution is 2.32. The Morgan fingerprint density at radius 2 is 1.96 bits per heavy atom. The molecular weight excluding hydrogens is 378 g/mol. The summed E-state index contributed by atoms with van der Waals surface area (Å²) in [5, 5.41) is 8.23. The zero-order chi connectivity index (χ0) is 19.7. The predicted octanol–water partition coefficient (Wildman–Crippen LogP) is 3.95. The smallest absolute Gasteiger partial charge is 0.254 e. The van der Waals surface area contributed by atoms with Crippen LogP contribution in [0.3, 0.4) is 0 Å². The zero-order valence-corrected chi connectivity index (χ0v) is 16.4. The molecule has 0 fully saturated rings. The maximum absolute atomic E-state index is 13.1. The molecule has 4 rings (SSSR count). The van der Waals surface area contributed by atoms with E-state index in [0.29, 0.717) is 35.2 Å². The lowest BCUT2D eigenvalue weighted by Crippen LogP contribution is -2.35. The number of halogens is 1. The average Bonchev–Trinajstić information content (AvgIpc) is 3.16. The number of aromatic amines is 1. The highest BCUT2D eigenvalue weighted by Gasteiger charge is 2.27. The van der Waals surface area contributed by atoms with Gasteiger partial charge in [-0.25, -0.2) is 0 Å². The van der Waals surface area contributed by atoms with Gasteiger partial charge in [-0.2, -0.15) is 5.10 Å².